The van der Waals surface area contributed by atoms with Crippen LogP contribution in [0, 0.1) is 6.92 Å². The number of benzene rings is 1. The number of methoxy groups -OCH3 is 3. The topological polar surface area (TPSA) is 30.9 Å². The summed E-state index contributed by atoms with van der Waals surface area (Å²) >= 11 is 1.92. The Morgan fingerprint density at radius 3 is 2.42 bits per heavy atom. The Balaban J connectivity index is 1.92. The van der Waals surface area contributed by atoms with Gasteiger partial charge >= 0.3 is 0 Å². The average molecular weight is 376 g/mol. The second kappa shape index (κ2) is 8.78. The molecule has 4 nitrogen and oxygen atoms in total. The van der Waals surface area contributed by atoms with Crippen LogP contribution in [0.1, 0.15) is 47.0 Å². The maximum atomic E-state index is 5.70. The molecule has 2 aromatic rings. The van der Waals surface area contributed by atoms with Crippen LogP contribution in [0.5, 0.6) is 17.2 Å². The Bertz CT molecular complexity index is 728. The van der Waals surface area contributed by atoms with Gasteiger partial charge in [0.15, 0.2) is 11.5 Å². The zero-order chi connectivity index (χ0) is 18.5. The van der Waals surface area contributed by atoms with Gasteiger partial charge in [-0.05, 0) is 44.5 Å². The van der Waals surface area contributed by atoms with E-state index in [9.17, 15) is 0 Å². The van der Waals surface area contributed by atoms with Crippen molar-refractivity contribution < 1.29 is 14.2 Å². The summed E-state index contributed by atoms with van der Waals surface area (Å²) in [6.45, 7) is 4.15. The van der Waals surface area contributed by atoms with Crippen LogP contribution in [0.3, 0.4) is 0 Å². The minimum atomic E-state index is 0.481. The first kappa shape index (κ1) is 19.1. The van der Waals surface area contributed by atoms with E-state index >= 15 is 0 Å². The summed E-state index contributed by atoms with van der Waals surface area (Å²) in [6, 6.07) is 9.09. The summed E-state index contributed by atoms with van der Waals surface area (Å²) < 4.78 is 16.7. The second-order valence-electron chi connectivity index (χ2n) is 6.78. The van der Waals surface area contributed by atoms with Gasteiger partial charge in [0.2, 0.25) is 5.75 Å². The molecule has 1 aliphatic heterocycles. The molecule has 2 heterocycles. The average Bonchev–Trinajstić information content (AvgIpc) is 2.95. The number of rotatable bonds is 6. The molecule has 1 aromatic carbocycles. The van der Waals surface area contributed by atoms with E-state index < -0.39 is 0 Å². The molecule has 0 N–H and O–H groups in total. The van der Waals surface area contributed by atoms with Crippen molar-refractivity contribution in [3.05, 3.63) is 39.6 Å². The lowest BCUT2D eigenvalue weighted by Crippen LogP contribution is -2.28. The first-order chi connectivity index (χ1) is 12.7. The highest BCUT2D eigenvalue weighted by molar-refractivity contribution is 7.12. The molecule has 1 aliphatic rings. The lowest BCUT2D eigenvalue weighted by atomic mass is 10.1. The third kappa shape index (κ3) is 3.99. The standard InChI is InChI=1S/C21H29NO3S/c1-15-9-12-19(26-15)17-8-6-5-7-13-22(17)14-16-10-11-18(23-2)21(25-4)20(16)24-3/h9-12,17H,5-8,13-14H2,1-4H3. The van der Waals surface area contributed by atoms with Crippen molar-refractivity contribution in [1.82, 2.24) is 4.90 Å². The predicted octanol–water partition coefficient (Wildman–Crippen LogP) is 5.20. The third-order valence-corrected chi connectivity index (χ3v) is 6.21. The number of hydrogen-bond donors (Lipinski definition) is 0. The van der Waals surface area contributed by atoms with Gasteiger partial charge in [0.25, 0.3) is 0 Å². The predicted molar refractivity (Wildman–Crippen MR) is 107 cm³/mol. The minimum Gasteiger partial charge on any atom is -0.493 e. The van der Waals surface area contributed by atoms with Crippen LogP contribution in [0.2, 0.25) is 0 Å². The maximum Gasteiger partial charge on any atom is 0.203 e. The van der Waals surface area contributed by atoms with Gasteiger partial charge in [-0.25, -0.2) is 0 Å². The van der Waals surface area contributed by atoms with E-state index in [-0.39, 0.29) is 0 Å². The minimum absolute atomic E-state index is 0.481. The Morgan fingerprint density at radius 2 is 1.77 bits per heavy atom. The molecule has 142 valence electrons. The monoisotopic (exact) mass is 375 g/mol. The lowest BCUT2D eigenvalue weighted by molar-refractivity contribution is 0.192. The number of nitrogens with zero attached hydrogens (tertiary/aromatic N) is 1. The first-order valence-electron chi connectivity index (χ1n) is 9.26. The number of hydrogen-bond acceptors (Lipinski definition) is 5. The highest BCUT2D eigenvalue weighted by atomic mass is 32.1. The maximum absolute atomic E-state index is 5.70. The molecule has 5 heteroatoms. The molecule has 1 aromatic heterocycles. The fraction of sp³-hybridized carbons (Fsp3) is 0.524. The van der Waals surface area contributed by atoms with E-state index in [0.717, 1.165) is 24.4 Å². The van der Waals surface area contributed by atoms with Gasteiger partial charge in [0.1, 0.15) is 0 Å². The molecule has 0 bridgehead atoms. The van der Waals surface area contributed by atoms with Crippen molar-refractivity contribution >= 4 is 11.3 Å². The van der Waals surface area contributed by atoms with Crippen molar-refractivity contribution in [2.24, 2.45) is 0 Å². The first-order valence-corrected chi connectivity index (χ1v) is 10.1. The Morgan fingerprint density at radius 1 is 0.962 bits per heavy atom. The smallest absolute Gasteiger partial charge is 0.203 e. The SMILES string of the molecule is COc1ccc(CN2CCCCCC2c2ccc(C)s2)c(OC)c1OC. The number of thiophene rings is 1. The van der Waals surface area contributed by atoms with Crippen LogP contribution in [0.4, 0.5) is 0 Å². The molecular weight excluding hydrogens is 346 g/mol. The molecule has 0 aliphatic carbocycles. The van der Waals surface area contributed by atoms with E-state index in [1.54, 1.807) is 21.3 Å². The highest BCUT2D eigenvalue weighted by Crippen LogP contribution is 2.42. The molecular formula is C21H29NO3S. The van der Waals surface area contributed by atoms with Crippen molar-refractivity contribution in [1.29, 1.82) is 0 Å². The van der Waals surface area contributed by atoms with Crippen molar-refractivity contribution in [3.8, 4) is 17.2 Å². The summed E-state index contributed by atoms with van der Waals surface area (Å²) in [6.07, 6.45) is 5.06. The van der Waals surface area contributed by atoms with Crippen LogP contribution in [0.15, 0.2) is 24.3 Å². The van der Waals surface area contributed by atoms with Crippen molar-refractivity contribution in [3.63, 3.8) is 0 Å². The fourth-order valence-electron chi connectivity index (χ4n) is 3.82. The van der Waals surface area contributed by atoms with Crippen molar-refractivity contribution in [2.75, 3.05) is 27.9 Å². The fourth-order valence-corrected chi connectivity index (χ4v) is 4.87. The molecule has 0 radical (unpaired) electrons. The number of likely N-dealkylation sites (tertiary alicyclic amines) is 1. The van der Waals surface area contributed by atoms with Gasteiger partial charge in [-0.1, -0.05) is 18.9 Å². The van der Waals surface area contributed by atoms with Crippen LogP contribution in [0.25, 0.3) is 0 Å². The molecule has 26 heavy (non-hydrogen) atoms. The normalized spacial score (nSPS) is 18.4. The Labute approximate surface area is 160 Å². The van der Waals surface area contributed by atoms with E-state index in [0.29, 0.717) is 17.5 Å². The van der Waals surface area contributed by atoms with Gasteiger partial charge in [0, 0.05) is 27.9 Å². The highest BCUT2D eigenvalue weighted by Gasteiger charge is 2.26. The zero-order valence-electron chi connectivity index (χ0n) is 16.2. The molecule has 3 rings (SSSR count). The molecule has 0 spiro atoms. The van der Waals surface area contributed by atoms with Crippen LogP contribution < -0.4 is 14.2 Å². The van der Waals surface area contributed by atoms with Gasteiger partial charge in [0.05, 0.1) is 21.3 Å². The largest absolute Gasteiger partial charge is 0.493 e. The quantitative estimate of drug-likeness (QED) is 0.694. The summed E-state index contributed by atoms with van der Waals surface area (Å²) in [7, 11) is 5.01. The van der Waals surface area contributed by atoms with Gasteiger partial charge in [-0.15, -0.1) is 11.3 Å². The molecule has 0 amide bonds. The number of ether oxygens (including phenoxy) is 3. The van der Waals surface area contributed by atoms with Crippen LogP contribution in [-0.2, 0) is 6.54 Å². The summed E-state index contributed by atoms with van der Waals surface area (Å²) in [5.74, 6) is 2.15. The molecule has 1 fully saturated rings. The molecule has 1 saturated heterocycles. The second-order valence-corrected chi connectivity index (χ2v) is 8.10. The zero-order valence-corrected chi connectivity index (χ0v) is 17.0. The van der Waals surface area contributed by atoms with Gasteiger partial charge in [-0.2, -0.15) is 0 Å². The lowest BCUT2D eigenvalue weighted by Gasteiger charge is -2.30. The van der Waals surface area contributed by atoms with E-state index in [4.69, 9.17) is 14.2 Å². The molecule has 0 saturated carbocycles. The van der Waals surface area contributed by atoms with E-state index in [2.05, 4.69) is 30.0 Å². The van der Waals surface area contributed by atoms with Crippen LogP contribution >= 0.6 is 11.3 Å². The van der Waals surface area contributed by atoms with Gasteiger partial charge in [-0.3, -0.25) is 4.90 Å². The summed E-state index contributed by atoms with van der Waals surface area (Å²) in [5.41, 5.74) is 1.14. The van der Waals surface area contributed by atoms with Crippen LogP contribution in [-0.4, -0.2) is 32.8 Å². The van der Waals surface area contributed by atoms with E-state index in [1.807, 2.05) is 17.4 Å². The Hall–Kier alpha value is -1.72. The van der Waals surface area contributed by atoms with E-state index in [1.165, 1.54) is 35.4 Å². The van der Waals surface area contributed by atoms with Gasteiger partial charge < -0.3 is 14.2 Å². The Kier molecular flexibility index (Phi) is 6.43. The molecule has 1 atom stereocenters. The van der Waals surface area contributed by atoms with Crippen molar-refractivity contribution in [2.45, 2.75) is 45.2 Å². The summed E-state index contributed by atoms with van der Waals surface area (Å²) in [4.78, 5) is 5.46. The molecule has 1 unspecified atom stereocenters. The summed E-state index contributed by atoms with van der Waals surface area (Å²) in [5, 5.41) is 0. The third-order valence-electron chi connectivity index (χ3n) is 5.11. The number of aryl methyl sites for hydroxylation is 1.